The summed E-state index contributed by atoms with van der Waals surface area (Å²) < 4.78 is 23.7. The zero-order valence-electron chi connectivity index (χ0n) is 16.0. The van der Waals surface area contributed by atoms with Gasteiger partial charge in [-0.25, -0.2) is 13.6 Å². The number of sulfonamides is 1. The molecule has 1 unspecified atom stereocenters. The van der Waals surface area contributed by atoms with Crippen LogP contribution in [0.15, 0.2) is 64.5 Å². The van der Waals surface area contributed by atoms with Gasteiger partial charge in [-0.1, -0.05) is 30.3 Å². The van der Waals surface area contributed by atoms with Gasteiger partial charge in [-0.3, -0.25) is 4.99 Å². The van der Waals surface area contributed by atoms with Crippen LogP contribution in [0.4, 0.5) is 0 Å². The van der Waals surface area contributed by atoms with Crippen molar-refractivity contribution in [2.45, 2.75) is 17.4 Å². The number of hydrogen-bond donors (Lipinski definition) is 4. The fourth-order valence-corrected chi connectivity index (χ4v) is 4.42. The van der Waals surface area contributed by atoms with Crippen LogP contribution in [0.2, 0.25) is 0 Å². The SMILES string of the molecule is CN=C(NCCc1ccc(S(N)(=O)=O)cc1)NCC(O)c1cc2ccccc2s1. The predicted molar refractivity (Wildman–Crippen MR) is 118 cm³/mol. The third-order valence-electron chi connectivity index (χ3n) is 4.42. The molecule has 1 heterocycles. The van der Waals surface area contributed by atoms with Crippen LogP contribution in [-0.2, 0) is 16.4 Å². The van der Waals surface area contributed by atoms with Gasteiger partial charge in [0.15, 0.2) is 5.96 Å². The maximum atomic E-state index is 11.3. The number of guanidine groups is 1. The van der Waals surface area contributed by atoms with Gasteiger partial charge in [0.05, 0.1) is 4.90 Å². The van der Waals surface area contributed by atoms with Gasteiger partial charge < -0.3 is 15.7 Å². The second-order valence-electron chi connectivity index (χ2n) is 6.52. The standard InChI is InChI=1S/C20H24N4O3S2/c1-22-20(23-11-10-14-6-8-16(9-7-14)29(21,26)27)24-13-17(25)19-12-15-4-2-3-5-18(15)28-19/h2-9,12,17,25H,10-11,13H2,1H3,(H2,21,26,27)(H2,22,23,24). The Balaban J connectivity index is 1.48. The molecule has 0 amide bonds. The molecule has 0 fully saturated rings. The molecule has 0 saturated heterocycles. The molecule has 3 rings (SSSR count). The molecular weight excluding hydrogens is 408 g/mol. The number of nitrogens with two attached hydrogens (primary N) is 1. The quantitative estimate of drug-likeness (QED) is 0.336. The van der Waals surface area contributed by atoms with Gasteiger partial charge in [0.1, 0.15) is 6.10 Å². The highest BCUT2D eigenvalue weighted by molar-refractivity contribution is 7.89. The zero-order chi connectivity index (χ0) is 20.9. The summed E-state index contributed by atoms with van der Waals surface area (Å²) in [6, 6.07) is 16.5. The van der Waals surface area contributed by atoms with Crippen LogP contribution in [0.5, 0.6) is 0 Å². The van der Waals surface area contributed by atoms with E-state index in [9.17, 15) is 13.5 Å². The molecule has 2 aromatic carbocycles. The van der Waals surface area contributed by atoms with E-state index < -0.39 is 16.1 Å². The van der Waals surface area contributed by atoms with Crippen molar-refractivity contribution in [2.75, 3.05) is 20.1 Å². The van der Waals surface area contributed by atoms with Crippen LogP contribution < -0.4 is 15.8 Å². The third-order valence-corrected chi connectivity index (χ3v) is 6.56. The Kier molecular flexibility index (Phi) is 6.86. The molecular formula is C20H24N4O3S2. The molecule has 0 aliphatic rings. The lowest BCUT2D eigenvalue weighted by atomic mass is 10.1. The maximum absolute atomic E-state index is 11.3. The van der Waals surface area contributed by atoms with Crippen molar-refractivity contribution in [3.05, 3.63) is 65.0 Å². The van der Waals surface area contributed by atoms with Crippen molar-refractivity contribution in [3.8, 4) is 0 Å². The smallest absolute Gasteiger partial charge is 0.238 e. The fourth-order valence-electron chi connectivity index (χ4n) is 2.85. The van der Waals surface area contributed by atoms with E-state index in [-0.39, 0.29) is 4.90 Å². The number of primary sulfonamides is 1. The lowest BCUT2D eigenvalue weighted by Gasteiger charge is -2.14. The average Bonchev–Trinajstić information content (AvgIpc) is 3.14. The van der Waals surface area contributed by atoms with E-state index in [1.165, 1.54) is 12.1 Å². The molecule has 7 nitrogen and oxygen atoms in total. The first-order chi connectivity index (χ1) is 13.9. The topological polar surface area (TPSA) is 117 Å². The normalized spacial score (nSPS) is 13.4. The van der Waals surface area contributed by atoms with Crippen LogP contribution in [0.25, 0.3) is 10.1 Å². The summed E-state index contributed by atoms with van der Waals surface area (Å²) in [7, 11) is -2.00. The molecule has 0 bridgehead atoms. The molecule has 5 N–H and O–H groups in total. The number of hydrogen-bond acceptors (Lipinski definition) is 5. The molecule has 29 heavy (non-hydrogen) atoms. The lowest BCUT2D eigenvalue weighted by molar-refractivity contribution is 0.184. The van der Waals surface area contributed by atoms with Gasteiger partial charge in [0, 0.05) is 29.7 Å². The largest absolute Gasteiger partial charge is 0.386 e. The Labute approximate surface area is 174 Å². The molecule has 0 radical (unpaired) electrons. The number of benzene rings is 2. The third kappa shape index (κ3) is 5.77. The number of aliphatic hydroxyl groups is 1. The molecule has 0 saturated carbocycles. The highest BCUT2D eigenvalue weighted by Crippen LogP contribution is 2.29. The summed E-state index contributed by atoms with van der Waals surface area (Å²) in [5.74, 6) is 0.589. The summed E-state index contributed by atoms with van der Waals surface area (Å²) in [5, 5.41) is 23.0. The zero-order valence-corrected chi connectivity index (χ0v) is 17.6. The molecule has 0 spiro atoms. The first kappa shape index (κ1) is 21.3. The second-order valence-corrected chi connectivity index (χ2v) is 9.20. The van der Waals surface area contributed by atoms with Crippen molar-refractivity contribution < 1.29 is 13.5 Å². The number of aliphatic imine (C=N–C) groups is 1. The summed E-state index contributed by atoms with van der Waals surface area (Å²) in [6.07, 6.45) is 0.0569. The van der Waals surface area contributed by atoms with Gasteiger partial charge in [-0.15, -0.1) is 11.3 Å². The van der Waals surface area contributed by atoms with E-state index in [0.29, 0.717) is 25.5 Å². The first-order valence-corrected chi connectivity index (χ1v) is 11.5. The second kappa shape index (κ2) is 9.36. The number of aliphatic hydroxyl groups excluding tert-OH is 1. The lowest BCUT2D eigenvalue weighted by Crippen LogP contribution is -2.40. The summed E-state index contributed by atoms with van der Waals surface area (Å²) in [5.41, 5.74) is 0.977. The molecule has 3 aromatic rings. The predicted octanol–water partition coefficient (Wildman–Crippen LogP) is 1.99. The number of nitrogens with one attached hydrogen (secondary N) is 2. The molecule has 9 heteroatoms. The minimum Gasteiger partial charge on any atom is -0.386 e. The number of fused-ring (bicyclic) bond motifs is 1. The van der Waals surface area contributed by atoms with E-state index in [0.717, 1.165) is 20.5 Å². The average molecular weight is 433 g/mol. The van der Waals surface area contributed by atoms with E-state index in [1.54, 1.807) is 30.5 Å². The van der Waals surface area contributed by atoms with E-state index in [1.807, 2.05) is 30.3 Å². The first-order valence-electron chi connectivity index (χ1n) is 9.09. The number of nitrogens with zero attached hydrogens (tertiary/aromatic N) is 1. The monoisotopic (exact) mass is 432 g/mol. The molecule has 154 valence electrons. The van der Waals surface area contributed by atoms with Crippen LogP contribution in [-0.4, -0.2) is 39.6 Å². The molecule has 1 atom stereocenters. The molecule has 0 aliphatic heterocycles. The van der Waals surface area contributed by atoms with Crippen molar-refractivity contribution in [1.82, 2.24) is 10.6 Å². The molecule has 1 aromatic heterocycles. The number of thiophene rings is 1. The van der Waals surface area contributed by atoms with Crippen LogP contribution in [0.3, 0.4) is 0 Å². The summed E-state index contributed by atoms with van der Waals surface area (Å²) in [4.78, 5) is 5.17. The Bertz CT molecular complexity index is 1060. The highest BCUT2D eigenvalue weighted by atomic mass is 32.2. The van der Waals surface area contributed by atoms with Crippen molar-refractivity contribution in [2.24, 2.45) is 10.1 Å². The van der Waals surface area contributed by atoms with Gasteiger partial charge in [-0.2, -0.15) is 0 Å². The van der Waals surface area contributed by atoms with Crippen molar-refractivity contribution in [1.29, 1.82) is 0 Å². The Hall–Kier alpha value is -2.46. The Morgan fingerprint density at radius 3 is 2.55 bits per heavy atom. The van der Waals surface area contributed by atoms with Gasteiger partial charge in [-0.05, 0) is 41.6 Å². The van der Waals surface area contributed by atoms with Crippen molar-refractivity contribution in [3.63, 3.8) is 0 Å². The van der Waals surface area contributed by atoms with Crippen LogP contribution in [0.1, 0.15) is 16.5 Å². The number of rotatable bonds is 7. The van der Waals surface area contributed by atoms with Crippen LogP contribution in [0, 0.1) is 0 Å². The Morgan fingerprint density at radius 1 is 1.17 bits per heavy atom. The fraction of sp³-hybridized carbons (Fsp3) is 0.250. The van der Waals surface area contributed by atoms with Crippen LogP contribution >= 0.6 is 11.3 Å². The van der Waals surface area contributed by atoms with Gasteiger partial charge in [0.2, 0.25) is 10.0 Å². The maximum Gasteiger partial charge on any atom is 0.238 e. The van der Waals surface area contributed by atoms with E-state index >= 15 is 0 Å². The molecule has 0 aliphatic carbocycles. The minimum absolute atomic E-state index is 0.0990. The van der Waals surface area contributed by atoms with Crippen molar-refractivity contribution >= 4 is 37.4 Å². The van der Waals surface area contributed by atoms with E-state index in [4.69, 9.17) is 5.14 Å². The summed E-state index contributed by atoms with van der Waals surface area (Å²) in [6.45, 7) is 0.947. The highest BCUT2D eigenvalue weighted by Gasteiger charge is 2.12. The van der Waals surface area contributed by atoms with Gasteiger partial charge in [0.25, 0.3) is 0 Å². The Morgan fingerprint density at radius 2 is 1.90 bits per heavy atom. The van der Waals surface area contributed by atoms with E-state index in [2.05, 4.69) is 15.6 Å². The van der Waals surface area contributed by atoms with Gasteiger partial charge >= 0.3 is 0 Å². The summed E-state index contributed by atoms with van der Waals surface area (Å²) >= 11 is 1.58. The minimum atomic E-state index is -3.67.